The van der Waals surface area contributed by atoms with Gasteiger partial charge in [-0.2, -0.15) is 8.78 Å². The van der Waals surface area contributed by atoms with Crippen molar-refractivity contribution in [2.24, 2.45) is 0 Å². The second-order valence-corrected chi connectivity index (χ2v) is 2.70. The number of likely N-dealkylation sites (tertiary alicyclic amines) is 1. The molecular formula is C9H19F2NO. The van der Waals surface area contributed by atoms with Crippen LogP contribution in [0.2, 0.25) is 0 Å². The van der Waals surface area contributed by atoms with E-state index in [4.69, 9.17) is 0 Å². The van der Waals surface area contributed by atoms with E-state index in [9.17, 15) is 8.78 Å². The molecule has 1 saturated heterocycles. The number of ether oxygens (including phenoxy) is 1. The van der Waals surface area contributed by atoms with E-state index in [1.165, 1.54) is 0 Å². The van der Waals surface area contributed by atoms with Gasteiger partial charge in [-0.1, -0.05) is 20.8 Å². The molecule has 0 radical (unpaired) electrons. The van der Waals surface area contributed by atoms with Crippen molar-refractivity contribution >= 4 is 0 Å². The molecule has 1 aliphatic heterocycles. The third-order valence-electron chi connectivity index (χ3n) is 1.97. The van der Waals surface area contributed by atoms with Crippen molar-refractivity contribution in [1.29, 1.82) is 0 Å². The Morgan fingerprint density at radius 1 is 1.46 bits per heavy atom. The molecule has 80 valence electrons. The van der Waals surface area contributed by atoms with Crippen LogP contribution in [0.3, 0.4) is 0 Å². The highest BCUT2D eigenvalue weighted by Gasteiger charge is 2.24. The molecule has 0 N–H and O–H groups in total. The highest BCUT2D eigenvalue weighted by molar-refractivity contribution is 4.74. The van der Waals surface area contributed by atoms with Gasteiger partial charge in [0.25, 0.3) is 0 Å². The monoisotopic (exact) mass is 195 g/mol. The lowest BCUT2D eigenvalue weighted by molar-refractivity contribution is -0.158. The van der Waals surface area contributed by atoms with E-state index in [0.29, 0.717) is 6.54 Å². The Morgan fingerprint density at radius 3 is 2.46 bits per heavy atom. The van der Waals surface area contributed by atoms with Crippen LogP contribution >= 0.6 is 0 Å². The van der Waals surface area contributed by atoms with Gasteiger partial charge in [0.1, 0.15) is 0 Å². The van der Waals surface area contributed by atoms with E-state index < -0.39 is 6.61 Å². The number of hydrogen-bond donors (Lipinski definition) is 0. The average Bonchev–Trinajstić information content (AvgIpc) is 2.55. The van der Waals surface area contributed by atoms with E-state index >= 15 is 0 Å². The summed E-state index contributed by atoms with van der Waals surface area (Å²) in [6.45, 7) is 5.86. The minimum Gasteiger partial charge on any atom is -0.318 e. The first-order valence-corrected chi connectivity index (χ1v) is 4.88. The molecule has 13 heavy (non-hydrogen) atoms. The Kier molecular flexibility index (Phi) is 7.09. The maximum absolute atomic E-state index is 11.7. The predicted molar refractivity (Wildman–Crippen MR) is 49.0 cm³/mol. The zero-order valence-corrected chi connectivity index (χ0v) is 8.59. The van der Waals surface area contributed by atoms with Gasteiger partial charge in [0.05, 0.1) is 6.10 Å². The Hall–Kier alpha value is -0.220. The molecule has 0 amide bonds. The average molecular weight is 195 g/mol. The van der Waals surface area contributed by atoms with Crippen molar-refractivity contribution in [2.45, 2.75) is 39.9 Å². The van der Waals surface area contributed by atoms with Crippen LogP contribution in [0.1, 0.15) is 27.2 Å². The summed E-state index contributed by atoms with van der Waals surface area (Å²) in [6, 6.07) is 0. The quantitative estimate of drug-likeness (QED) is 0.685. The van der Waals surface area contributed by atoms with Crippen molar-refractivity contribution in [1.82, 2.24) is 4.90 Å². The molecule has 0 aromatic rings. The SMILES string of the molecule is CC.CCN1CCC(OC(F)F)C1. The second-order valence-electron chi connectivity index (χ2n) is 2.70. The van der Waals surface area contributed by atoms with Gasteiger partial charge in [0.15, 0.2) is 0 Å². The number of likely N-dealkylation sites (N-methyl/N-ethyl adjacent to an activating group) is 1. The Balaban J connectivity index is 0.000000671. The van der Waals surface area contributed by atoms with Crippen molar-refractivity contribution in [3.8, 4) is 0 Å². The fourth-order valence-electron chi connectivity index (χ4n) is 1.34. The van der Waals surface area contributed by atoms with Crippen LogP contribution in [0.25, 0.3) is 0 Å². The van der Waals surface area contributed by atoms with Gasteiger partial charge in [0.2, 0.25) is 0 Å². The van der Waals surface area contributed by atoms with E-state index in [1.54, 1.807) is 0 Å². The van der Waals surface area contributed by atoms with Crippen molar-refractivity contribution in [2.75, 3.05) is 19.6 Å². The second kappa shape index (κ2) is 7.21. The molecule has 4 heteroatoms. The highest BCUT2D eigenvalue weighted by atomic mass is 19.3. The van der Waals surface area contributed by atoms with Crippen molar-refractivity contribution in [3.63, 3.8) is 0 Å². The molecular weight excluding hydrogens is 176 g/mol. The van der Waals surface area contributed by atoms with Gasteiger partial charge < -0.3 is 9.64 Å². The van der Waals surface area contributed by atoms with Crippen LogP contribution in [0.15, 0.2) is 0 Å². The molecule has 1 aliphatic rings. The van der Waals surface area contributed by atoms with Crippen LogP contribution in [-0.2, 0) is 4.74 Å². The summed E-state index contributed by atoms with van der Waals surface area (Å²) >= 11 is 0. The molecule has 1 rings (SSSR count). The van der Waals surface area contributed by atoms with Gasteiger partial charge in [-0.3, -0.25) is 0 Å². The molecule has 1 fully saturated rings. The molecule has 0 aromatic heterocycles. The van der Waals surface area contributed by atoms with Crippen molar-refractivity contribution in [3.05, 3.63) is 0 Å². The fourth-order valence-corrected chi connectivity index (χ4v) is 1.34. The molecule has 2 nitrogen and oxygen atoms in total. The first-order chi connectivity index (χ1) is 6.22. The van der Waals surface area contributed by atoms with Crippen molar-refractivity contribution < 1.29 is 13.5 Å². The van der Waals surface area contributed by atoms with Crippen LogP contribution in [-0.4, -0.2) is 37.2 Å². The first-order valence-electron chi connectivity index (χ1n) is 4.88. The molecule has 0 bridgehead atoms. The normalized spacial score (nSPS) is 23.1. The minimum absolute atomic E-state index is 0.255. The molecule has 0 aromatic carbocycles. The molecule has 1 atom stereocenters. The molecule has 0 saturated carbocycles. The highest BCUT2D eigenvalue weighted by Crippen LogP contribution is 2.14. The molecule has 0 aliphatic carbocycles. The summed E-state index contributed by atoms with van der Waals surface area (Å²) in [5.74, 6) is 0. The fraction of sp³-hybridized carbons (Fsp3) is 1.00. The van der Waals surface area contributed by atoms with Gasteiger partial charge >= 0.3 is 6.61 Å². The maximum Gasteiger partial charge on any atom is 0.345 e. The summed E-state index contributed by atoms with van der Waals surface area (Å²) in [7, 11) is 0. The zero-order chi connectivity index (χ0) is 10.3. The molecule has 1 heterocycles. The Bertz CT molecular complexity index is 122. The number of alkyl halides is 2. The number of halogens is 2. The maximum atomic E-state index is 11.7. The Morgan fingerprint density at radius 2 is 2.08 bits per heavy atom. The summed E-state index contributed by atoms with van der Waals surface area (Å²) in [5, 5.41) is 0. The van der Waals surface area contributed by atoms with Gasteiger partial charge in [-0.15, -0.1) is 0 Å². The summed E-state index contributed by atoms with van der Waals surface area (Å²) in [5.41, 5.74) is 0. The number of nitrogens with zero attached hydrogens (tertiary/aromatic N) is 1. The van der Waals surface area contributed by atoms with Gasteiger partial charge in [-0.05, 0) is 13.0 Å². The summed E-state index contributed by atoms with van der Waals surface area (Å²) in [6.07, 6.45) is 0.480. The van der Waals surface area contributed by atoms with Gasteiger partial charge in [0, 0.05) is 13.1 Å². The molecule has 1 unspecified atom stereocenters. The van der Waals surface area contributed by atoms with Crippen LogP contribution in [0, 0.1) is 0 Å². The summed E-state index contributed by atoms with van der Waals surface area (Å²) < 4.78 is 27.7. The lowest BCUT2D eigenvalue weighted by Gasteiger charge is -2.12. The zero-order valence-electron chi connectivity index (χ0n) is 8.59. The third kappa shape index (κ3) is 5.16. The largest absolute Gasteiger partial charge is 0.345 e. The third-order valence-corrected chi connectivity index (χ3v) is 1.97. The Labute approximate surface area is 78.9 Å². The minimum atomic E-state index is -2.61. The van der Waals surface area contributed by atoms with E-state index in [-0.39, 0.29) is 6.10 Å². The predicted octanol–water partition coefficient (Wildman–Crippen LogP) is 2.35. The summed E-state index contributed by atoms with van der Waals surface area (Å²) in [4.78, 5) is 2.10. The van der Waals surface area contributed by atoms with E-state index in [1.807, 2.05) is 20.8 Å². The van der Waals surface area contributed by atoms with Crippen LogP contribution < -0.4 is 0 Å². The standard InChI is InChI=1S/C7H13F2NO.C2H6/c1-2-10-4-3-6(5-10)11-7(8)9;1-2/h6-7H,2-5H2,1H3;1-2H3. The topological polar surface area (TPSA) is 12.5 Å². The van der Waals surface area contributed by atoms with E-state index in [0.717, 1.165) is 19.5 Å². The number of rotatable bonds is 3. The van der Waals surface area contributed by atoms with E-state index in [2.05, 4.69) is 9.64 Å². The molecule has 0 spiro atoms. The van der Waals surface area contributed by atoms with Gasteiger partial charge in [-0.25, -0.2) is 0 Å². The lowest BCUT2D eigenvalue weighted by Crippen LogP contribution is -2.24. The number of hydrogen-bond acceptors (Lipinski definition) is 2. The smallest absolute Gasteiger partial charge is 0.318 e. The lowest BCUT2D eigenvalue weighted by atomic mass is 10.3. The first kappa shape index (κ1) is 12.8. The van der Waals surface area contributed by atoms with Crippen LogP contribution in [0.5, 0.6) is 0 Å². The van der Waals surface area contributed by atoms with Crippen LogP contribution in [0.4, 0.5) is 8.78 Å².